The van der Waals surface area contributed by atoms with Crippen molar-refractivity contribution in [3.8, 4) is 0 Å². The molecule has 2 rings (SSSR count). The zero-order chi connectivity index (χ0) is 11.5. The minimum atomic E-state index is -0.531. The van der Waals surface area contributed by atoms with Crippen LogP contribution in [0.15, 0.2) is 28.7 Å². The quantitative estimate of drug-likeness (QED) is 0.881. The van der Waals surface area contributed by atoms with E-state index in [-0.39, 0.29) is 0 Å². The number of aliphatic hydroxyl groups is 1. The van der Waals surface area contributed by atoms with Crippen molar-refractivity contribution in [3.05, 3.63) is 45.5 Å². The summed E-state index contributed by atoms with van der Waals surface area (Å²) in [6, 6.07) is 7.93. The molecule has 86 valence electrons. The third-order valence-corrected chi connectivity index (χ3v) is 3.80. The van der Waals surface area contributed by atoms with Gasteiger partial charge in [-0.15, -0.1) is 11.3 Å². The number of furan rings is 1. The van der Waals surface area contributed by atoms with Crippen LogP contribution in [-0.2, 0) is 12.8 Å². The van der Waals surface area contributed by atoms with Crippen LogP contribution in [0, 0.1) is 6.92 Å². The molecule has 2 heterocycles. The molecule has 0 aromatic carbocycles. The summed E-state index contributed by atoms with van der Waals surface area (Å²) >= 11 is 1.76. The van der Waals surface area contributed by atoms with Crippen LogP contribution in [0.1, 0.15) is 34.3 Å². The normalized spacial score (nSPS) is 12.9. The first-order valence-corrected chi connectivity index (χ1v) is 6.32. The van der Waals surface area contributed by atoms with Gasteiger partial charge in [-0.25, -0.2) is 0 Å². The highest BCUT2D eigenvalue weighted by molar-refractivity contribution is 7.11. The van der Waals surface area contributed by atoms with E-state index < -0.39 is 6.10 Å². The Bertz CT molecular complexity index is 456. The van der Waals surface area contributed by atoms with Gasteiger partial charge < -0.3 is 9.52 Å². The van der Waals surface area contributed by atoms with Gasteiger partial charge in [-0.05, 0) is 37.6 Å². The number of aliphatic hydroxyl groups excluding tert-OH is 1. The average molecular weight is 236 g/mol. The van der Waals surface area contributed by atoms with Gasteiger partial charge in [0.05, 0.1) is 0 Å². The van der Waals surface area contributed by atoms with Crippen molar-refractivity contribution in [2.75, 3.05) is 0 Å². The van der Waals surface area contributed by atoms with Gasteiger partial charge in [0.1, 0.15) is 17.6 Å². The van der Waals surface area contributed by atoms with Crippen LogP contribution in [-0.4, -0.2) is 5.11 Å². The predicted molar refractivity (Wildman–Crippen MR) is 65.8 cm³/mol. The molecule has 1 N–H and O–H groups in total. The molecule has 0 amide bonds. The smallest absolute Gasteiger partial charge is 0.133 e. The van der Waals surface area contributed by atoms with E-state index in [0.717, 1.165) is 12.2 Å². The average Bonchev–Trinajstić information content (AvgIpc) is 2.87. The summed E-state index contributed by atoms with van der Waals surface area (Å²) in [6.45, 7) is 4.03. The minimum Gasteiger partial charge on any atom is -0.464 e. The summed E-state index contributed by atoms with van der Waals surface area (Å²) < 4.78 is 5.41. The highest BCUT2D eigenvalue weighted by Gasteiger charge is 2.13. The monoisotopic (exact) mass is 236 g/mol. The molecule has 0 aliphatic heterocycles. The molecule has 2 nitrogen and oxygen atoms in total. The second-order valence-corrected chi connectivity index (χ2v) is 5.14. The molecule has 0 spiro atoms. The van der Waals surface area contributed by atoms with Gasteiger partial charge in [-0.1, -0.05) is 6.92 Å². The Balaban J connectivity index is 2.04. The second-order valence-electron chi connectivity index (χ2n) is 3.89. The zero-order valence-electron chi connectivity index (χ0n) is 9.56. The minimum absolute atomic E-state index is 0.531. The van der Waals surface area contributed by atoms with E-state index >= 15 is 0 Å². The van der Waals surface area contributed by atoms with Crippen molar-refractivity contribution in [3.63, 3.8) is 0 Å². The van der Waals surface area contributed by atoms with Crippen molar-refractivity contribution in [2.45, 2.75) is 32.8 Å². The summed E-state index contributed by atoms with van der Waals surface area (Å²) in [4.78, 5) is 2.57. The molecular formula is C13H16O2S. The number of thiophene rings is 1. The van der Waals surface area contributed by atoms with Gasteiger partial charge in [0, 0.05) is 16.2 Å². The van der Waals surface area contributed by atoms with Crippen molar-refractivity contribution in [1.82, 2.24) is 0 Å². The summed E-state index contributed by atoms with van der Waals surface area (Å²) in [5.74, 6) is 1.50. The Morgan fingerprint density at radius 2 is 2.00 bits per heavy atom. The topological polar surface area (TPSA) is 33.4 Å². The largest absolute Gasteiger partial charge is 0.464 e. The fraction of sp³-hybridized carbons (Fsp3) is 0.385. The molecule has 0 saturated carbocycles. The maximum atomic E-state index is 9.98. The Hall–Kier alpha value is -1.06. The predicted octanol–water partition coefficient (Wildman–Crippen LogP) is 3.49. The van der Waals surface area contributed by atoms with Crippen LogP contribution >= 0.6 is 11.3 Å². The van der Waals surface area contributed by atoms with E-state index in [1.807, 2.05) is 19.1 Å². The maximum absolute atomic E-state index is 9.98. The lowest BCUT2D eigenvalue weighted by molar-refractivity contribution is 0.149. The number of hydrogen-bond donors (Lipinski definition) is 1. The Morgan fingerprint density at radius 3 is 2.56 bits per heavy atom. The van der Waals surface area contributed by atoms with Crippen LogP contribution < -0.4 is 0 Å². The molecular weight excluding hydrogens is 220 g/mol. The molecule has 0 bridgehead atoms. The first-order valence-electron chi connectivity index (χ1n) is 5.51. The third-order valence-electron chi connectivity index (χ3n) is 2.55. The number of rotatable bonds is 4. The second kappa shape index (κ2) is 4.85. The van der Waals surface area contributed by atoms with Crippen LogP contribution in [0.5, 0.6) is 0 Å². The van der Waals surface area contributed by atoms with Crippen LogP contribution in [0.2, 0.25) is 0 Å². The summed E-state index contributed by atoms with van der Waals surface area (Å²) in [5, 5.41) is 9.98. The van der Waals surface area contributed by atoms with Crippen LogP contribution in [0.25, 0.3) is 0 Å². The van der Waals surface area contributed by atoms with E-state index in [4.69, 9.17) is 4.42 Å². The van der Waals surface area contributed by atoms with Gasteiger partial charge in [0.15, 0.2) is 0 Å². The molecule has 0 fully saturated rings. The standard InChI is InChI=1S/C13H16O2S/c1-3-10-5-6-11(16-10)8-12(14)13-7-4-9(2)15-13/h4-7,12,14H,3,8H2,1-2H3. The van der Waals surface area contributed by atoms with Crippen molar-refractivity contribution in [1.29, 1.82) is 0 Å². The Kier molecular flexibility index (Phi) is 3.46. The van der Waals surface area contributed by atoms with E-state index in [9.17, 15) is 5.11 Å². The fourth-order valence-corrected chi connectivity index (χ4v) is 2.64. The first-order chi connectivity index (χ1) is 7.69. The van der Waals surface area contributed by atoms with Crippen molar-refractivity contribution < 1.29 is 9.52 Å². The molecule has 2 aromatic rings. The molecule has 0 radical (unpaired) electrons. The number of hydrogen-bond acceptors (Lipinski definition) is 3. The molecule has 16 heavy (non-hydrogen) atoms. The SMILES string of the molecule is CCc1ccc(CC(O)c2ccc(C)o2)s1. The van der Waals surface area contributed by atoms with Gasteiger partial charge in [-0.3, -0.25) is 0 Å². The highest BCUT2D eigenvalue weighted by atomic mass is 32.1. The van der Waals surface area contributed by atoms with Gasteiger partial charge in [0.25, 0.3) is 0 Å². The van der Waals surface area contributed by atoms with E-state index in [1.165, 1.54) is 9.75 Å². The maximum Gasteiger partial charge on any atom is 0.133 e. The van der Waals surface area contributed by atoms with E-state index in [0.29, 0.717) is 12.2 Å². The van der Waals surface area contributed by atoms with Crippen LogP contribution in [0.3, 0.4) is 0 Å². The molecule has 1 unspecified atom stereocenters. The summed E-state index contributed by atoms with van der Waals surface area (Å²) in [5.41, 5.74) is 0. The molecule has 0 saturated heterocycles. The Labute approximate surface area is 99.5 Å². The lowest BCUT2D eigenvalue weighted by Gasteiger charge is -2.05. The van der Waals surface area contributed by atoms with Crippen molar-refractivity contribution >= 4 is 11.3 Å². The van der Waals surface area contributed by atoms with Crippen LogP contribution in [0.4, 0.5) is 0 Å². The first kappa shape index (κ1) is 11.4. The van der Waals surface area contributed by atoms with Gasteiger partial charge >= 0.3 is 0 Å². The van der Waals surface area contributed by atoms with E-state index in [1.54, 1.807) is 11.3 Å². The van der Waals surface area contributed by atoms with Gasteiger partial charge in [0.2, 0.25) is 0 Å². The lowest BCUT2D eigenvalue weighted by atomic mass is 10.2. The Morgan fingerprint density at radius 1 is 1.25 bits per heavy atom. The zero-order valence-corrected chi connectivity index (χ0v) is 10.4. The summed E-state index contributed by atoms with van der Waals surface area (Å²) in [6.07, 6.45) is 1.16. The number of aryl methyl sites for hydroxylation is 2. The summed E-state index contributed by atoms with van der Waals surface area (Å²) in [7, 11) is 0. The highest BCUT2D eigenvalue weighted by Crippen LogP contribution is 2.25. The molecule has 3 heteroatoms. The molecule has 2 aromatic heterocycles. The molecule has 1 atom stereocenters. The van der Waals surface area contributed by atoms with Crippen molar-refractivity contribution in [2.24, 2.45) is 0 Å². The third kappa shape index (κ3) is 2.54. The molecule has 0 aliphatic rings. The molecule has 0 aliphatic carbocycles. The van der Waals surface area contributed by atoms with Gasteiger partial charge in [-0.2, -0.15) is 0 Å². The van der Waals surface area contributed by atoms with E-state index in [2.05, 4.69) is 19.1 Å². The lowest BCUT2D eigenvalue weighted by Crippen LogP contribution is -1.98. The fourth-order valence-electron chi connectivity index (χ4n) is 1.65.